The van der Waals surface area contributed by atoms with Crippen LogP contribution in [0.5, 0.6) is 0 Å². The quantitative estimate of drug-likeness (QED) is 0.360. The fourth-order valence-electron chi connectivity index (χ4n) is 6.35. The highest BCUT2D eigenvalue weighted by Gasteiger charge is 2.52. The van der Waals surface area contributed by atoms with Crippen molar-refractivity contribution in [3.8, 4) is 6.07 Å². The Labute approximate surface area is 209 Å². The van der Waals surface area contributed by atoms with Crippen molar-refractivity contribution < 1.29 is 30.9 Å². The monoisotopic (exact) mass is 512 g/mol. The molecule has 0 amide bonds. The van der Waals surface area contributed by atoms with Crippen molar-refractivity contribution in [1.29, 1.82) is 5.26 Å². The molecule has 33 heavy (non-hydrogen) atoms. The summed E-state index contributed by atoms with van der Waals surface area (Å²) in [6.45, 7) is 3.21. The topological polar surface area (TPSA) is 42.2 Å². The predicted octanol–water partition coefficient (Wildman–Crippen LogP) is 1.94. The van der Waals surface area contributed by atoms with Crippen LogP contribution in [0.4, 0.5) is 0 Å². The summed E-state index contributed by atoms with van der Waals surface area (Å²) in [5.74, 6) is 0.563. The van der Waals surface area contributed by atoms with Gasteiger partial charge in [-0.1, -0.05) is 60.7 Å². The van der Waals surface area contributed by atoms with Crippen LogP contribution in [0.25, 0.3) is 0 Å². The predicted molar refractivity (Wildman–Crippen MR) is 127 cm³/mol. The highest BCUT2D eigenvalue weighted by Crippen LogP contribution is 2.48. The van der Waals surface area contributed by atoms with E-state index in [1.165, 1.54) is 25.7 Å². The molecule has 2 aliphatic heterocycles. The average Bonchev–Trinajstić information content (AvgIpc) is 3.00. The normalized spacial score (nSPS) is 26.4. The van der Waals surface area contributed by atoms with Crippen LogP contribution >= 0.6 is 0 Å². The Morgan fingerprint density at radius 2 is 1.45 bits per heavy atom. The molecule has 2 saturated heterocycles. The molecule has 2 aliphatic rings. The molecule has 0 aliphatic carbocycles. The summed E-state index contributed by atoms with van der Waals surface area (Å²) in [6, 6.07) is 25.0. The molecule has 4 rings (SSSR count). The molecule has 0 aromatic heterocycles. The molecular formula is C28H37BrN2O2. The lowest BCUT2D eigenvalue weighted by Gasteiger charge is -2.48. The Hall–Kier alpha value is -1.71. The molecule has 2 aromatic carbocycles. The summed E-state index contributed by atoms with van der Waals surface area (Å²) < 4.78 is 12.1. The third-order valence-corrected chi connectivity index (χ3v) is 8.18. The summed E-state index contributed by atoms with van der Waals surface area (Å²) in [5.41, 5.74) is 1.65. The van der Waals surface area contributed by atoms with E-state index in [1.54, 1.807) is 7.11 Å². The van der Waals surface area contributed by atoms with Gasteiger partial charge in [0.05, 0.1) is 45.0 Å². The van der Waals surface area contributed by atoms with Gasteiger partial charge in [-0.2, -0.15) is 5.26 Å². The molecule has 2 heterocycles. The van der Waals surface area contributed by atoms with E-state index in [0.717, 1.165) is 35.2 Å². The number of halogens is 1. The van der Waals surface area contributed by atoms with Crippen molar-refractivity contribution in [2.75, 3.05) is 40.5 Å². The van der Waals surface area contributed by atoms with Gasteiger partial charge in [0.25, 0.3) is 0 Å². The zero-order chi connectivity index (χ0) is 22.4. The third kappa shape index (κ3) is 5.35. The number of rotatable bonds is 10. The number of quaternary nitrogens is 1. The maximum absolute atomic E-state index is 10.6. The van der Waals surface area contributed by atoms with E-state index in [1.807, 2.05) is 12.1 Å². The fourth-order valence-corrected chi connectivity index (χ4v) is 6.35. The van der Waals surface area contributed by atoms with Gasteiger partial charge in [0.15, 0.2) is 0 Å². The largest absolute Gasteiger partial charge is 1.00 e. The number of ether oxygens (including phenoxy) is 2. The van der Waals surface area contributed by atoms with Crippen molar-refractivity contribution in [2.24, 2.45) is 5.92 Å². The highest BCUT2D eigenvalue weighted by atomic mass is 79.9. The van der Waals surface area contributed by atoms with Gasteiger partial charge in [-0.05, 0) is 23.5 Å². The lowest BCUT2D eigenvalue weighted by atomic mass is 9.67. The van der Waals surface area contributed by atoms with Crippen LogP contribution in [0.3, 0.4) is 0 Å². The van der Waals surface area contributed by atoms with Crippen LogP contribution in [0.15, 0.2) is 60.7 Å². The fraction of sp³-hybridized carbons (Fsp3) is 0.536. The standard InChI is InChI=1S/C28H37N2O2.BrH/c1-30(15-16-32-18-17-31-2)26-13-14-27(30)20-23(19-26)21-28(22-29,24-9-5-3-6-10-24)25-11-7-4-8-12-25;/h3-12,23,26-27H,13-21H2,1-2H3;1H/q+1;/p-1/t23-,26+,27-,30?;. The number of fused-ring (bicyclic) bond motifs is 2. The Bertz CT molecular complexity index is 846. The van der Waals surface area contributed by atoms with E-state index < -0.39 is 5.41 Å². The van der Waals surface area contributed by atoms with Gasteiger partial charge in [-0.3, -0.25) is 0 Å². The second-order valence-corrected chi connectivity index (χ2v) is 9.85. The molecule has 4 atom stereocenters. The number of likely N-dealkylation sites (N-methyl/N-ethyl adjacent to an activating group) is 1. The summed E-state index contributed by atoms with van der Waals surface area (Å²) in [4.78, 5) is 0. The summed E-state index contributed by atoms with van der Waals surface area (Å²) in [6.07, 6.45) is 5.90. The number of nitriles is 1. The molecule has 2 aromatic rings. The minimum atomic E-state index is -0.587. The molecule has 0 saturated carbocycles. The first-order valence-corrected chi connectivity index (χ1v) is 12.1. The van der Waals surface area contributed by atoms with Crippen LogP contribution in [0.2, 0.25) is 0 Å². The smallest absolute Gasteiger partial charge is 0.107 e. The Morgan fingerprint density at radius 3 is 1.94 bits per heavy atom. The number of hydrogen-bond donors (Lipinski definition) is 0. The molecule has 2 bridgehead atoms. The third-order valence-electron chi connectivity index (χ3n) is 8.18. The average molecular weight is 514 g/mol. The first-order chi connectivity index (χ1) is 15.6. The van der Waals surface area contributed by atoms with Crippen molar-refractivity contribution in [2.45, 2.75) is 49.6 Å². The summed E-state index contributed by atoms with van der Waals surface area (Å²) in [7, 11) is 4.15. The van der Waals surface area contributed by atoms with E-state index in [2.05, 4.69) is 61.6 Å². The van der Waals surface area contributed by atoms with Crippen LogP contribution < -0.4 is 17.0 Å². The second-order valence-electron chi connectivity index (χ2n) is 9.85. The van der Waals surface area contributed by atoms with Gasteiger partial charge in [0.2, 0.25) is 0 Å². The van der Waals surface area contributed by atoms with E-state index in [0.29, 0.717) is 31.2 Å². The maximum Gasteiger partial charge on any atom is 0.107 e. The van der Waals surface area contributed by atoms with Crippen LogP contribution in [0, 0.1) is 17.2 Å². The molecular weight excluding hydrogens is 476 g/mol. The van der Waals surface area contributed by atoms with Gasteiger partial charge in [-0.25, -0.2) is 0 Å². The van der Waals surface area contributed by atoms with Crippen LogP contribution in [-0.2, 0) is 14.9 Å². The first kappa shape index (κ1) is 25.9. The number of nitrogens with zero attached hydrogens (tertiary/aromatic N) is 2. The zero-order valence-corrected chi connectivity index (χ0v) is 21.5. The first-order valence-electron chi connectivity index (χ1n) is 12.1. The molecule has 4 nitrogen and oxygen atoms in total. The lowest BCUT2D eigenvalue weighted by Crippen LogP contribution is -3.00. The minimum Gasteiger partial charge on any atom is -1.00 e. The molecule has 0 radical (unpaired) electrons. The second kappa shape index (κ2) is 11.6. The Balaban J connectivity index is 0.00000306. The molecule has 0 spiro atoms. The maximum atomic E-state index is 10.6. The number of benzene rings is 2. The SMILES string of the molecule is COCCOCC[N+]1(C)[C@@H]2CC[C@H]1C[C@@H](CC(C#N)(c1ccccc1)c1ccccc1)C2.[Br-]. The molecule has 178 valence electrons. The molecule has 5 heteroatoms. The molecule has 2 fully saturated rings. The number of methoxy groups -OCH3 is 1. The molecule has 1 unspecified atom stereocenters. The van der Waals surface area contributed by atoms with Gasteiger partial charge in [-0.15, -0.1) is 0 Å². The molecule has 0 N–H and O–H groups in total. The van der Waals surface area contributed by atoms with Gasteiger partial charge in [0, 0.05) is 32.8 Å². The van der Waals surface area contributed by atoms with Crippen molar-refractivity contribution in [3.63, 3.8) is 0 Å². The summed E-state index contributed by atoms with van der Waals surface area (Å²) >= 11 is 0. The number of piperidine rings is 1. The van der Waals surface area contributed by atoms with E-state index in [9.17, 15) is 5.26 Å². The Morgan fingerprint density at radius 1 is 0.909 bits per heavy atom. The van der Waals surface area contributed by atoms with Crippen molar-refractivity contribution in [1.82, 2.24) is 0 Å². The van der Waals surface area contributed by atoms with Gasteiger partial charge < -0.3 is 30.9 Å². The van der Waals surface area contributed by atoms with E-state index >= 15 is 0 Å². The zero-order valence-electron chi connectivity index (χ0n) is 20.0. The van der Waals surface area contributed by atoms with Crippen molar-refractivity contribution >= 4 is 0 Å². The van der Waals surface area contributed by atoms with Gasteiger partial charge >= 0.3 is 0 Å². The summed E-state index contributed by atoms with van der Waals surface area (Å²) in [5, 5.41) is 10.6. The van der Waals surface area contributed by atoms with E-state index in [4.69, 9.17) is 9.47 Å². The van der Waals surface area contributed by atoms with Gasteiger partial charge in [0.1, 0.15) is 12.0 Å². The van der Waals surface area contributed by atoms with Crippen LogP contribution in [0.1, 0.15) is 43.2 Å². The van der Waals surface area contributed by atoms with E-state index in [-0.39, 0.29) is 17.0 Å². The van der Waals surface area contributed by atoms with Crippen LogP contribution in [-0.4, -0.2) is 57.1 Å². The minimum absolute atomic E-state index is 0. The highest BCUT2D eigenvalue weighted by molar-refractivity contribution is 5.45. The lowest BCUT2D eigenvalue weighted by molar-refractivity contribution is -0.949. The van der Waals surface area contributed by atoms with Crippen molar-refractivity contribution in [3.05, 3.63) is 71.8 Å². The number of hydrogen-bond acceptors (Lipinski definition) is 3. The Kier molecular flexibility index (Phi) is 9.12.